The maximum Gasteiger partial charge on any atom is 0.205 e. The molecular formula is C6H10BO. The van der Waals surface area contributed by atoms with Crippen molar-refractivity contribution in [3.8, 4) is 0 Å². The third kappa shape index (κ3) is 1.96. The van der Waals surface area contributed by atoms with E-state index in [1.165, 1.54) is 0 Å². The number of carbonyl (C=O) groups is 1. The van der Waals surface area contributed by atoms with Gasteiger partial charge in [0.15, 0.2) is 0 Å². The number of hydrogen-bond acceptors (Lipinski definition) is 1. The molecule has 0 saturated heterocycles. The molecule has 0 aliphatic carbocycles. The molecule has 0 saturated carbocycles. The van der Waals surface area contributed by atoms with Gasteiger partial charge in [0, 0.05) is 0 Å². The number of hydrogen-bond donors (Lipinski definition) is 0. The molecule has 0 amide bonds. The van der Waals surface area contributed by atoms with Crippen LogP contribution in [-0.2, 0) is 4.79 Å². The van der Waals surface area contributed by atoms with E-state index < -0.39 is 0 Å². The molecule has 2 heteroatoms. The summed E-state index contributed by atoms with van der Waals surface area (Å²) in [6.07, 6.45) is 1.81. The van der Waals surface area contributed by atoms with Crippen molar-refractivity contribution in [2.24, 2.45) is 0 Å². The summed E-state index contributed by atoms with van der Waals surface area (Å²) >= 11 is 0. The summed E-state index contributed by atoms with van der Waals surface area (Å²) in [5.41, 5.74) is 0.931. The summed E-state index contributed by atoms with van der Waals surface area (Å²) < 4.78 is 0. The maximum atomic E-state index is 10.6. The Kier molecular flexibility index (Phi) is 3.25. The van der Waals surface area contributed by atoms with Gasteiger partial charge in [-0.25, -0.2) is 0 Å². The first-order valence-electron chi connectivity index (χ1n) is 2.69. The Morgan fingerprint density at radius 2 is 2.12 bits per heavy atom. The molecule has 0 spiro atoms. The van der Waals surface area contributed by atoms with E-state index in [1.807, 2.05) is 19.9 Å². The van der Waals surface area contributed by atoms with Crippen molar-refractivity contribution >= 4 is 13.0 Å². The standard InChI is InChI=1S/C6H10BO/c1-4-5(2)6(8)7-3/h4H,1-3H3. The van der Waals surface area contributed by atoms with Crippen molar-refractivity contribution in [3.05, 3.63) is 11.6 Å². The minimum Gasteiger partial charge on any atom is -0.307 e. The van der Waals surface area contributed by atoms with Crippen LogP contribution >= 0.6 is 0 Å². The lowest BCUT2D eigenvalue weighted by Gasteiger charge is -1.90. The lowest BCUT2D eigenvalue weighted by Crippen LogP contribution is -2.05. The summed E-state index contributed by atoms with van der Waals surface area (Å²) in [4.78, 5) is 10.6. The van der Waals surface area contributed by atoms with Gasteiger partial charge in [-0.15, -0.1) is 0 Å². The second-order valence-corrected chi connectivity index (χ2v) is 1.62. The minimum absolute atomic E-state index is 0.118. The molecule has 0 rings (SSSR count). The molecule has 0 unspecified atom stereocenters. The Labute approximate surface area is 51.0 Å². The van der Waals surface area contributed by atoms with Crippen molar-refractivity contribution in [2.75, 3.05) is 0 Å². The molecule has 8 heavy (non-hydrogen) atoms. The molecular weight excluding hydrogens is 98.9 g/mol. The first-order valence-corrected chi connectivity index (χ1v) is 2.69. The Hall–Kier alpha value is -0.525. The van der Waals surface area contributed by atoms with Crippen LogP contribution in [0.3, 0.4) is 0 Å². The van der Waals surface area contributed by atoms with Crippen LogP contribution in [0.15, 0.2) is 11.6 Å². The molecule has 1 nitrogen and oxygen atoms in total. The monoisotopic (exact) mass is 109 g/mol. The van der Waals surface area contributed by atoms with Gasteiger partial charge in [-0.1, -0.05) is 12.9 Å². The normalized spacial score (nSPS) is 11.1. The van der Waals surface area contributed by atoms with E-state index in [4.69, 9.17) is 0 Å². The highest BCUT2D eigenvalue weighted by Gasteiger charge is 1.97. The topological polar surface area (TPSA) is 17.1 Å². The van der Waals surface area contributed by atoms with Gasteiger partial charge >= 0.3 is 0 Å². The highest BCUT2D eigenvalue weighted by molar-refractivity contribution is 6.76. The van der Waals surface area contributed by atoms with Crippen molar-refractivity contribution in [3.63, 3.8) is 0 Å². The van der Waals surface area contributed by atoms with E-state index in [9.17, 15) is 4.79 Å². The van der Waals surface area contributed by atoms with E-state index in [1.54, 1.807) is 14.1 Å². The zero-order valence-corrected chi connectivity index (χ0v) is 5.56. The lowest BCUT2D eigenvalue weighted by molar-refractivity contribution is -0.108. The van der Waals surface area contributed by atoms with E-state index in [0.29, 0.717) is 0 Å². The predicted molar refractivity (Wildman–Crippen MR) is 36.1 cm³/mol. The SMILES string of the molecule is C[B]C(=O)C(C)=CC. The summed E-state index contributed by atoms with van der Waals surface area (Å²) in [5.74, 6) is 0. The van der Waals surface area contributed by atoms with Gasteiger partial charge in [0.2, 0.25) is 7.28 Å². The number of rotatable bonds is 2. The van der Waals surface area contributed by atoms with E-state index in [0.717, 1.165) is 5.57 Å². The van der Waals surface area contributed by atoms with Crippen LogP contribution in [-0.4, -0.2) is 13.0 Å². The van der Waals surface area contributed by atoms with Crippen LogP contribution < -0.4 is 0 Å². The highest BCUT2D eigenvalue weighted by Crippen LogP contribution is 1.90. The molecule has 0 heterocycles. The molecule has 0 aromatic carbocycles. The van der Waals surface area contributed by atoms with Crippen molar-refractivity contribution in [1.29, 1.82) is 0 Å². The predicted octanol–water partition coefficient (Wildman–Crippen LogP) is 1.23. The van der Waals surface area contributed by atoms with Crippen LogP contribution in [0.25, 0.3) is 0 Å². The number of allylic oxidation sites excluding steroid dienone is 2. The van der Waals surface area contributed by atoms with Gasteiger partial charge in [-0.2, -0.15) is 0 Å². The minimum atomic E-state index is 0.118. The van der Waals surface area contributed by atoms with Crippen LogP contribution in [0.4, 0.5) is 0 Å². The smallest absolute Gasteiger partial charge is 0.205 e. The molecule has 0 atom stereocenters. The molecule has 0 aliphatic rings. The fourth-order valence-corrected chi connectivity index (χ4v) is 0.370. The van der Waals surface area contributed by atoms with Crippen molar-refractivity contribution < 1.29 is 4.79 Å². The molecule has 0 N–H and O–H groups in total. The Balaban J connectivity index is 3.83. The second-order valence-electron chi connectivity index (χ2n) is 1.62. The molecule has 0 aliphatic heterocycles. The van der Waals surface area contributed by atoms with Crippen LogP contribution in [0.5, 0.6) is 0 Å². The first kappa shape index (κ1) is 7.47. The Bertz CT molecular complexity index is 116. The second kappa shape index (κ2) is 3.47. The highest BCUT2D eigenvalue weighted by atomic mass is 16.1. The van der Waals surface area contributed by atoms with Crippen LogP contribution in [0.1, 0.15) is 13.8 Å². The number of carbonyl (C=O) groups excluding carboxylic acids is 1. The fraction of sp³-hybridized carbons (Fsp3) is 0.500. The molecule has 0 bridgehead atoms. The van der Waals surface area contributed by atoms with Crippen LogP contribution in [0, 0.1) is 0 Å². The fourth-order valence-electron chi connectivity index (χ4n) is 0.370. The molecule has 0 aromatic heterocycles. The van der Waals surface area contributed by atoms with Gasteiger partial charge in [-0.05, 0) is 19.4 Å². The molecule has 0 fully saturated rings. The van der Waals surface area contributed by atoms with Gasteiger partial charge in [0.1, 0.15) is 5.68 Å². The maximum absolute atomic E-state index is 10.6. The van der Waals surface area contributed by atoms with Gasteiger partial charge in [0.25, 0.3) is 0 Å². The summed E-state index contributed by atoms with van der Waals surface area (Å²) in [5, 5.41) is 0. The van der Waals surface area contributed by atoms with Crippen molar-refractivity contribution in [1.82, 2.24) is 0 Å². The van der Waals surface area contributed by atoms with E-state index >= 15 is 0 Å². The molecule has 1 radical (unpaired) electrons. The van der Waals surface area contributed by atoms with Gasteiger partial charge < -0.3 is 4.79 Å². The van der Waals surface area contributed by atoms with Crippen molar-refractivity contribution in [2.45, 2.75) is 20.7 Å². The average Bonchev–Trinajstić information content (AvgIpc) is 1.84. The zero-order chi connectivity index (χ0) is 6.57. The lowest BCUT2D eigenvalue weighted by atomic mass is 9.73. The largest absolute Gasteiger partial charge is 0.307 e. The zero-order valence-electron chi connectivity index (χ0n) is 5.56. The third-order valence-electron chi connectivity index (χ3n) is 1.08. The third-order valence-corrected chi connectivity index (χ3v) is 1.08. The summed E-state index contributed by atoms with van der Waals surface area (Å²) in [6.45, 7) is 5.41. The van der Waals surface area contributed by atoms with E-state index in [-0.39, 0.29) is 5.68 Å². The van der Waals surface area contributed by atoms with Gasteiger partial charge in [-0.3, -0.25) is 0 Å². The first-order chi connectivity index (χ1) is 3.72. The molecule has 43 valence electrons. The summed E-state index contributed by atoms with van der Waals surface area (Å²) in [7, 11) is 1.56. The Morgan fingerprint density at radius 3 is 2.25 bits per heavy atom. The van der Waals surface area contributed by atoms with Gasteiger partial charge in [0.05, 0.1) is 0 Å². The average molecular weight is 109 g/mol. The Morgan fingerprint density at radius 1 is 1.62 bits per heavy atom. The van der Waals surface area contributed by atoms with Crippen LogP contribution in [0.2, 0.25) is 6.82 Å². The molecule has 0 aromatic rings. The van der Waals surface area contributed by atoms with E-state index in [2.05, 4.69) is 0 Å². The quantitative estimate of drug-likeness (QED) is 0.385. The summed E-state index contributed by atoms with van der Waals surface area (Å²) in [6, 6.07) is 0.